The molecule has 0 saturated heterocycles. The molecule has 1 N–H and O–H groups in total. The van der Waals surface area contributed by atoms with E-state index in [4.69, 9.17) is 16.3 Å². The Bertz CT molecular complexity index is 1400. The monoisotopic (exact) mass is 571 g/mol. The quantitative estimate of drug-likeness (QED) is 0.351. The molecule has 208 valence electrons. The fourth-order valence-electron chi connectivity index (χ4n) is 4.27. The summed E-state index contributed by atoms with van der Waals surface area (Å²) in [6, 6.07) is 20.6. The number of nitrogens with zero attached hydrogens (tertiary/aromatic N) is 2. The van der Waals surface area contributed by atoms with Gasteiger partial charge in [0.05, 0.1) is 19.1 Å². The number of carbonyl (C=O) groups is 2. The molecule has 0 radical (unpaired) electrons. The van der Waals surface area contributed by atoms with Crippen LogP contribution in [-0.4, -0.2) is 57.6 Å². The number of hydrogen-bond donors (Lipinski definition) is 1. The van der Waals surface area contributed by atoms with Gasteiger partial charge in [0, 0.05) is 24.5 Å². The van der Waals surface area contributed by atoms with E-state index in [1.54, 1.807) is 49.4 Å². The Labute approximate surface area is 235 Å². The lowest BCUT2D eigenvalue weighted by Gasteiger charge is -2.33. The van der Waals surface area contributed by atoms with Gasteiger partial charge in [0.1, 0.15) is 18.3 Å². The summed E-state index contributed by atoms with van der Waals surface area (Å²) in [4.78, 5) is 28.8. The number of ether oxygens (including phenoxy) is 1. The highest BCUT2D eigenvalue weighted by atomic mass is 35.5. The van der Waals surface area contributed by atoms with Crippen LogP contribution in [0.4, 0.5) is 5.69 Å². The number of sulfonamides is 1. The van der Waals surface area contributed by atoms with Crippen LogP contribution in [0.25, 0.3) is 0 Å². The van der Waals surface area contributed by atoms with Gasteiger partial charge in [-0.05, 0) is 54.8 Å². The van der Waals surface area contributed by atoms with Gasteiger partial charge in [0.15, 0.2) is 0 Å². The molecule has 0 aromatic heterocycles. The minimum Gasteiger partial charge on any atom is -0.495 e. The van der Waals surface area contributed by atoms with E-state index in [2.05, 4.69) is 5.32 Å². The fraction of sp³-hybridized carbons (Fsp3) is 0.310. The third kappa shape index (κ3) is 8.21. The summed E-state index contributed by atoms with van der Waals surface area (Å²) in [5.41, 5.74) is 2.61. The van der Waals surface area contributed by atoms with Crippen molar-refractivity contribution in [2.24, 2.45) is 0 Å². The van der Waals surface area contributed by atoms with E-state index in [1.165, 1.54) is 12.0 Å². The van der Waals surface area contributed by atoms with E-state index < -0.39 is 28.5 Å². The van der Waals surface area contributed by atoms with Gasteiger partial charge in [-0.1, -0.05) is 60.1 Å². The zero-order valence-electron chi connectivity index (χ0n) is 22.6. The first-order valence-corrected chi connectivity index (χ1v) is 14.7. The van der Waals surface area contributed by atoms with Crippen LogP contribution >= 0.6 is 11.6 Å². The van der Waals surface area contributed by atoms with Crippen molar-refractivity contribution >= 4 is 39.1 Å². The van der Waals surface area contributed by atoms with E-state index in [0.717, 1.165) is 21.7 Å². The molecule has 10 heteroatoms. The number of nitrogens with one attached hydrogen (secondary N) is 1. The number of aryl methyl sites for hydroxylation is 1. The average Bonchev–Trinajstić information content (AvgIpc) is 2.89. The Balaban J connectivity index is 2.08. The molecule has 1 atom stereocenters. The molecular formula is C29H34ClN3O5S. The first kappa shape index (κ1) is 30.0. The molecule has 0 spiro atoms. The maximum absolute atomic E-state index is 14.1. The molecular weight excluding hydrogens is 538 g/mol. The largest absolute Gasteiger partial charge is 0.495 e. The maximum atomic E-state index is 14.1. The molecule has 0 aliphatic carbocycles. The standard InChI is InChI=1S/C29H34ClN3O5S/c1-5-31-29(35)26(18-22-10-7-6-8-11-22)32(19-23-12-9-13-24(30)17-23)28(34)20-33(39(4,36)37)25-16-21(2)14-15-27(25)38-3/h6-17,26H,5,18-20H2,1-4H3,(H,31,35)/t26-/m1/s1. The molecule has 3 aromatic carbocycles. The van der Waals surface area contributed by atoms with Crippen LogP contribution in [0.2, 0.25) is 5.02 Å². The number of methoxy groups -OCH3 is 1. The lowest BCUT2D eigenvalue weighted by Crippen LogP contribution is -2.53. The van der Waals surface area contributed by atoms with E-state index in [1.807, 2.05) is 37.3 Å². The summed E-state index contributed by atoms with van der Waals surface area (Å²) in [6.07, 6.45) is 1.28. The molecule has 0 unspecified atom stereocenters. The van der Waals surface area contributed by atoms with Crippen molar-refractivity contribution in [3.63, 3.8) is 0 Å². The van der Waals surface area contributed by atoms with Crippen molar-refractivity contribution in [2.75, 3.05) is 30.8 Å². The smallest absolute Gasteiger partial charge is 0.244 e. The number of amides is 2. The second-order valence-electron chi connectivity index (χ2n) is 9.20. The molecule has 0 saturated carbocycles. The second-order valence-corrected chi connectivity index (χ2v) is 11.5. The van der Waals surface area contributed by atoms with Gasteiger partial charge >= 0.3 is 0 Å². The minimum atomic E-state index is -3.91. The van der Waals surface area contributed by atoms with Crippen LogP contribution < -0.4 is 14.4 Å². The maximum Gasteiger partial charge on any atom is 0.244 e. The molecule has 0 aliphatic heterocycles. The van der Waals surface area contributed by atoms with E-state index in [-0.39, 0.29) is 24.6 Å². The number of hydrogen-bond acceptors (Lipinski definition) is 5. The van der Waals surface area contributed by atoms with Gasteiger partial charge in [-0.2, -0.15) is 0 Å². The Morgan fingerprint density at radius 1 is 1.00 bits per heavy atom. The normalized spacial score (nSPS) is 11.9. The summed E-state index contributed by atoms with van der Waals surface area (Å²) in [5.74, 6) is -0.573. The Kier molecular flexibility index (Phi) is 10.4. The van der Waals surface area contributed by atoms with Crippen molar-refractivity contribution in [2.45, 2.75) is 32.9 Å². The number of anilines is 1. The van der Waals surface area contributed by atoms with Crippen LogP contribution in [-0.2, 0) is 32.6 Å². The minimum absolute atomic E-state index is 0.0522. The zero-order chi connectivity index (χ0) is 28.6. The van der Waals surface area contributed by atoms with Crippen molar-refractivity contribution in [3.05, 3.63) is 94.5 Å². The van der Waals surface area contributed by atoms with Gasteiger partial charge < -0.3 is 15.0 Å². The van der Waals surface area contributed by atoms with Gasteiger partial charge in [-0.25, -0.2) is 8.42 Å². The molecule has 2 amide bonds. The Hall–Kier alpha value is -3.56. The second kappa shape index (κ2) is 13.5. The number of likely N-dealkylation sites (N-methyl/N-ethyl adjacent to an activating group) is 1. The highest BCUT2D eigenvalue weighted by molar-refractivity contribution is 7.92. The van der Waals surface area contributed by atoms with Crippen molar-refractivity contribution in [1.82, 2.24) is 10.2 Å². The van der Waals surface area contributed by atoms with Crippen LogP contribution in [0.5, 0.6) is 5.75 Å². The average molecular weight is 572 g/mol. The lowest BCUT2D eigenvalue weighted by molar-refractivity contribution is -0.140. The highest BCUT2D eigenvalue weighted by Crippen LogP contribution is 2.31. The summed E-state index contributed by atoms with van der Waals surface area (Å²) >= 11 is 6.22. The van der Waals surface area contributed by atoms with Gasteiger partial charge in [-0.3, -0.25) is 13.9 Å². The van der Waals surface area contributed by atoms with Gasteiger partial charge in [-0.15, -0.1) is 0 Å². The first-order chi connectivity index (χ1) is 18.5. The van der Waals surface area contributed by atoms with Crippen molar-refractivity contribution in [1.29, 1.82) is 0 Å². The summed E-state index contributed by atoms with van der Waals surface area (Å²) < 4.78 is 32.4. The molecule has 0 heterocycles. The molecule has 0 bridgehead atoms. The van der Waals surface area contributed by atoms with Gasteiger partial charge in [0.2, 0.25) is 21.8 Å². The number of benzene rings is 3. The summed E-state index contributed by atoms with van der Waals surface area (Å²) in [6.45, 7) is 3.53. The third-order valence-corrected chi connectivity index (χ3v) is 7.51. The Morgan fingerprint density at radius 3 is 2.31 bits per heavy atom. The van der Waals surface area contributed by atoms with E-state index >= 15 is 0 Å². The van der Waals surface area contributed by atoms with Crippen molar-refractivity contribution in [3.8, 4) is 5.75 Å². The predicted molar refractivity (Wildman–Crippen MR) is 155 cm³/mol. The summed E-state index contributed by atoms with van der Waals surface area (Å²) in [7, 11) is -2.47. The van der Waals surface area contributed by atoms with Crippen molar-refractivity contribution < 1.29 is 22.7 Å². The topological polar surface area (TPSA) is 96.0 Å². The molecule has 39 heavy (non-hydrogen) atoms. The predicted octanol–water partition coefficient (Wildman–Crippen LogP) is 4.20. The zero-order valence-corrected chi connectivity index (χ0v) is 24.1. The molecule has 3 aromatic rings. The SMILES string of the molecule is CCNC(=O)[C@@H](Cc1ccccc1)N(Cc1cccc(Cl)c1)C(=O)CN(c1cc(C)ccc1OC)S(C)(=O)=O. The summed E-state index contributed by atoms with van der Waals surface area (Å²) in [5, 5.41) is 3.31. The molecule has 3 rings (SSSR count). The number of rotatable bonds is 12. The lowest BCUT2D eigenvalue weighted by atomic mass is 10.0. The number of carbonyl (C=O) groups excluding carboxylic acids is 2. The third-order valence-electron chi connectivity index (χ3n) is 6.15. The number of halogens is 1. The Morgan fingerprint density at radius 2 is 1.69 bits per heavy atom. The van der Waals surface area contributed by atoms with Crippen LogP contribution in [0.3, 0.4) is 0 Å². The van der Waals surface area contributed by atoms with E-state index in [0.29, 0.717) is 22.9 Å². The van der Waals surface area contributed by atoms with Crippen LogP contribution in [0, 0.1) is 6.92 Å². The fourth-order valence-corrected chi connectivity index (χ4v) is 5.33. The van der Waals surface area contributed by atoms with Crippen LogP contribution in [0.15, 0.2) is 72.8 Å². The highest BCUT2D eigenvalue weighted by Gasteiger charge is 2.33. The molecule has 8 nitrogen and oxygen atoms in total. The molecule has 0 fully saturated rings. The van der Waals surface area contributed by atoms with Crippen LogP contribution in [0.1, 0.15) is 23.6 Å². The van der Waals surface area contributed by atoms with Gasteiger partial charge in [0.25, 0.3) is 0 Å². The van der Waals surface area contributed by atoms with E-state index in [9.17, 15) is 18.0 Å². The first-order valence-electron chi connectivity index (χ1n) is 12.5. The molecule has 0 aliphatic rings.